The summed E-state index contributed by atoms with van der Waals surface area (Å²) in [5.74, 6) is -0.553. The average Bonchev–Trinajstić information content (AvgIpc) is 3.64. The maximum absolute atomic E-state index is 13.6. The van der Waals surface area contributed by atoms with Crippen molar-refractivity contribution >= 4 is 52.8 Å². The Balaban J connectivity index is 1.36. The van der Waals surface area contributed by atoms with E-state index in [2.05, 4.69) is 10.6 Å². The van der Waals surface area contributed by atoms with Crippen molar-refractivity contribution in [1.82, 2.24) is 15.1 Å². The molecule has 2 aromatic carbocycles. The Morgan fingerprint density at radius 1 is 1.18 bits per heavy atom. The summed E-state index contributed by atoms with van der Waals surface area (Å²) in [4.78, 5) is 54.4. The molecule has 1 aliphatic heterocycles. The van der Waals surface area contributed by atoms with Crippen LogP contribution in [-0.2, 0) is 32.9 Å². The van der Waals surface area contributed by atoms with Crippen molar-refractivity contribution in [2.75, 3.05) is 18.9 Å². The zero-order valence-corrected chi connectivity index (χ0v) is 22.6. The Morgan fingerprint density at radius 3 is 2.63 bits per heavy atom. The largest absolute Gasteiger partial charge is 0.427 e. The Labute approximate surface area is 230 Å². The fraction of sp³-hybridized carbons (Fsp3) is 0.407. The molecule has 5 amide bonds. The van der Waals surface area contributed by atoms with Crippen molar-refractivity contribution in [3.05, 3.63) is 63.1 Å². The molecular weight excluding hydrogens is 531 g/mol. The van der Waals surface area contributed by atoms with Gasteiger partial charge in [-0.15, -0.1) is 0 Å². The number of hydrogen-bond acceptors (Lipinski definition) is 5. The number of amides is 5. The molecule has 1 saturated heterocycles. The summed E-state index contributed by atoms with van der Waals surface area (Å²) in [6.45, 7) is 1.79. The third-order valence-electron chi connectivity index (χ3n) is 7.61. The van der Waals surface area contributed by atoms with Crippen LogP contribution in [0.1, 0.15) is 42.9 Å². The minimum Gasteiger partial charge on any atom is -0.427 e. The summed E-state index contributed by atoms with van der Waals surface area (Å²) in [5.41, 5.74) is 1.20. The van der Waals surface area contributed by atoms with Gasteiger partial charge >= 0.3 is 12.1 Å². The molecule has 200 valence electrons. The van der Waals surface area contributed by atoms with Crippen molar-refractivity contribution in [2.45, 2.75) is 50.8 Å². The number of benzene rings is 2. The first-order valence-corrected chi connectivity index (χ1v) is 13.3. The second kappa shape index (κ2) is 10.1. The summed E-state index contributed by atoms with van der Waals surface area (Å²) in [6, 6.07) is 9.78. The summed E-state index contributed by atoms with van der Waals surface area (Å²) < 4.78 is 5.69. The van der Waals surface area contributed by atoms with E-state index in [1.807, 2.05) is 6.92 Å². The van der Waals surface area contributed by atoms with Gasteiger partial charge in [-0.3, -0.25) is 9.59 Å². The predicted molar refractivity (Wildman–Crippen MR) is 142 cm³/mol. The van der Waals surface area contributed by atoms with E-state index in [0.717, 1.165) is 28.9 Å². The summed E-state index contributed by atoms with van der Waals surface area (Å²) in [7, 11) is 1.51. The number of anilines is 1. The lowest BCUT2D eigenvalue weighted by Gasteiger charge is -2.31. The Morgan fingerprint density at radius 2 is 1.95 bits per heavy atom. The zero-order chi connectivity index (χ0) is 27.2. The summed E-state index contributed by atoms with van der Waals surface area (Å²) in [5, 5.41) is 6.13. The molecule has 2 fully saturated rings. The van der Waals surface area contributed by atoms with Gasteiger partial charge in [-0.05, 0) is 67.5 Å². The lowest BCUT2D eigenvalue weighted by Crippen LogP contribution is -2.47. The quantitative estimate of drug-likeness (QED) is 0.512. The topological polar surface area (TPSA) is 108 Å². The lowest BCUT2D eigenvalue weighted by atomic mass is 9.94. The molecule has 1 saturated carbocycles. The molecule has 3 aliphatic rings. The molecule has 2 atom stereocenters. The first-order valence-electron chi connectivity index (χ1n) is 12.5. The zero-order valence-electron chi connectivity index (χ0n) is 21.1. The highest BCUT2D eigenvalue weighted by atomic mass is 35.5. The Kier molecular flexibility index (Phi) is 7.00. The van der Waals surface area contributed by atoms with Crippen molar-refractivity contribution in [1.29, 1.82) is 0 Å². The second-order valence-corrected chi connectivity index (χ2v) is 10.8. The molecule has 1 spiro atoms. The fourth-order valence-corrected chi connectivity index (χ4v) is 5.74. The number of hydrogen-bond donors (Lipinski definition) is 2. The van der Waals surface area contributed by atoms with E-state index in [1.165, 1.54) is 7.05 Å². The number of carbonyl (C=O) groups is 4. The number of ether oxygens (including phenoxy) is 1. The van der Waals surface area contributed by atoms with Crippen LogP contribution in [0.4, 0.5) is 15.3 Å². The van der Waals surface area contributed by atoms with Crippen molar-refractivity contribution < 1.29 is 23.9 Å². The van der Waals surface area contributed by atoms with E-state index in [-0.39, 0.29) is 30.9 Å². The third kappa shape index (κ3) is 4.80. The minimum absolute atomic E-state index is 0.0876. The summed E-state index contributed by atoms with van der Waals surface area (Å²) >= 11 is 12.4. The van der Waals surface area contributed by atoms with Crippen LogP contribution in [0.5, 0.6) is 0 Å². The average molecular weight is 559 g/mol. The maximum Gasteiger partial charge on any atom is 0.418 e. The first-order chi connectivity index (χ1) is 18.1. The van der Waals surface area contributed by atoms with E-state index in [1.54, 1.807) is 41.3 Å². The Hall–Kier alpha value is -3.30. The molecule has 0 radical (unpaired) electrons. The van der Waals surface area contributed by atoms with E-state index in [9.17, 15) is 19.2 Å². The highest BCUT2D eigenvalue weighted by Crippen LogP contribution is 2.46. The van der Waals surface area contributed by atoms with Gasteiger partial charge in [-0.25, -0.2) is 14.5 Å². The molecule has 2 aliphatic carbocycles. The van der Waals surface area contributed by atoms with Crippen LogP contribution in [0.3, 0.4) is 0 Å². The van der Waals surface area contributed by atoms with Crippen LogP contribution in [0.25, 0.3) is 0 Å². The number of aryl methyl sites for hydroxylation is 1. The Bertz CT molecular complexity index is 1330. The van der Waals surface area contributed by atoms with Gasteiger partial charge in [0.15, 0.2) is 0 Å². The van der Waals surface area contributed by atoms with Gasteiger partial charge in [0, 0.05) is 47.4 Å². The summed E-state index contributed by atoms with van der Waals surface area (Å²) in [6.07, 6.45) is 1.94. The number of urea groups is 1. The van der Waals surface area contributed by atoms with Crippen LogP contribution in [-0.4, -0.2) is 53.4 Å². The van der Waals surface area contributed by atoms with Gasteiger partial charge in [0.05, 0.1) is 0 Å². The van der Waals surface area contributed by atoms with Crippen molar-refractivity contribution in [3.63, 3.8) is 0 Å². The van der Waals surface area contributed by atoms with Crippen molar-refractivity contribution in [2.24, 2.45) is 5.92 Å². The molecule has 11 heteroatoms. The number of imide groups is 1. The molecule has 38 heavy (non-hydrogen) atoms. The predicted octanol–water partition coefficient (Wildman–Crippen LogP) is 4.69. The molecule has 0 bridgehead atoms. The number of rotatable bonds is 7. The lowest BCUT2D eigenvalue weighted by molar-refractivity contribution is -0.143. The molecule has 1 heterocycles. The normalized spacial score (nSPS) is 20.8. The van der Waals surface area contributed by atoms with Crippen molar-refractivity contribution in [3.8, 4) is 0 Å². The maximum atomic E-state index is 13.6. The second-order valence-electron chi connectivity index (χ2n) is 10.00. The molecule has 2 aromatic rings. The highest BCUT2D eigenvalue weighted by molar-refractivity contribution is 6.35. The third-order valence-corrected chi connectivity index (χ3v) is 8.20. The van der Waals surface area contributed by atoms with Gasteiger partial charge in [0.2, 0.25) is 11.5 Å². The molecule has 2 N–H and O–H groups in total. The van der Waals surface area contributed by atoms with Gasteiger partial charge in [-0.1, -0.05) is 35.3 Å². The highest BCUT2D eigenvalue weighted by Gasteiger charge is 2.58. The number of nitrogens with zero attached hydrogens (tertiary/aromatic N) is 2. The van der Waals surface area contributed by atoms with E-state index in [4.69, 9.17) is 27.9 Å². The molecule has 5 rings (SSSR count). The standard InChI is InChI=1S/C27H28Cl2N4O5/c1-15(16-3-4-16)32(13-18-5-6-19(28)12-22(18)29)23(34)14-33-24(35)27(38-26(33)37)10-9-17-11-20(7-8-21(17)27)31-25(36)30-2/h5-8,11-12,15-16H,3-4,9-10,13-14H2,1-2H3,(H2,30,31,36)/t15-,27+/m0/s1. The first kappa shape index (κ1) is 26.3. The number of nitrogens with one attached hydrogen (secondary N) is 2. The van der Waals surface area contributed by atoms with Gasteiger partial charge in [0.1, 0.15) is 6.54 Å². The van der Waals surface area contributed by atoms with E-state index >= 15 is 0 Å². The van der Waals surface area contributed by atoms with E-state index < -0.39 is 24.1 Å². The monoisotopic (exact) mass is 558 g/mol. The number of halogens is 2. The van der Waals surface area contributed by atoms with Crippen LogP contribution in [0.2, 0.25) is 10.0 Å². The molecular formula is C27H28Cl2N4O5. The van der Waals surface area contributed by atoms with Gasteiger partial charge in [-0.2, -0.15) is 0 Å². The smallest absolute Gasteiger partial charge is 0.418 e. The number of carbonyl (C=O) groups excluding carboxylic acids is 4. The van der Waals surface area contributed by atoms with Gasteiger partial charge in [0.25, 0.3) is 5.91 Å². The molecule has 9 nitrogen and oxygen atoms in total. The minimum atomic E-state index is -1.47. The van der Waals surface area contributed by atoms with Crippen LogP contribution in [0, 0.1) is 5.92 Å². The number of fused-ring (bicyclic) bond motifs is 2. The van der Waals surface area contributed by atoms with Gasteiger partial charge < -0.3 is 20.3 Å². The SMILES string of the molecule is CNC(=O)Nc1ccc2c(c1)CC[C@@]21OC(=O)N(CC(=O)N(Cc2ccc(Cl)cc2Cl)[C@@H](C)C2CC2)C1=O. The van der Waals surface area contributed by atoms with Crippen LogP contribution in [0.15, 0.2) is 36.4 Å². The fourth-order valence-electron chi connectivity index (χ4n) is 5.28. The van der Waals surface area contributed by atoms with Crippen LogP contribution < -0.4 is 10.6 Å². The molecule has 0 aromatic heterocycles. The molecule has 0 unspecified atom stereocenters. The van der Waals surface area contributed by atoms with E-state index in [0.29, 0.717) is 33.6 Å². The van der Waals surface area contributed by atoms with Crippen LogP contribution >= 0.6 is 23.2 Å².